The van der Waals surface area contributed by atoms with Gasteiger partial charge in [-0.15, -0.1) is 0 Å². The van der Waals surface area contributed by atoms with Gasteiger partial charge in [0.2, 0.25) is 0 Å². The van der Waals surface area contributed by atoms with Crippen LogP contribution in [0.15, 0.2) is 156 Å². The van der Waals surface area contributed by atoms with E-state index in [9.17, 15) is 0 Å². The maximum absolute atomic E-state index is 6.63. The minimum Gasteiger partial charge on any atom is -0.451 e. The SMILES string of the molecule is [Pd].c1ccc([Si](c2ccccc2)c2cccc3oc(N4c5ccccc5Oc5cc6cccc(-c7ccccn7)c6nc54)nc23)cc1. The Balaban J connectivity index is 0.00000324. The summed E-state index contributed by atoms with van der Waals surface area (Å²) in [5.41, 5.74) is 5.00. The fourth-order valence-electron chi connectivity index (χ4n) is 6.21. The molecule has 1 radical (unpaired) electrons. The van der Waals surface area contributed by atoms with Gasteiger partial charge in [0, 0.05) is 37.6 Å². The Morgan fingerprint density at radius 1 is 0.596 bits per heavy atom. The average Bonchev–Trinajstić information content (AvgIpc) is 3.56. The third kappa shape index (κ3) is 5.04. The molecule has 1 aliphatic heterocycles. The molecule has 5 aromatic carbocycles. The van der Waals surface area contributed by atoms with Crippen molar-refractivity contribution in [2.24, 2.45) is 0 Å². The number of rotatable bonds is 5. The van der Waals surface area contributed by atoms with Crippen LogP contribution in [-0.2, 0) is 20.4 Å². The number of hydrogen-bond acceptors (Lipinski definition) is 6. The molecule has 0 saturated heterocycles. The molecular formula is C39H25N4O2PdSi. The first-order valence-electron chi connectivity index (χ1n) is 15.1. The van der Waals surface area contributed by atoms with Gasteiger partial charge in [-0.3, -0.25) is 4.98 Å². The van der Waals surface area contributed by atoms with Crippen LogP contribution < -0.4 is 25.2 Å². The molecule has 4 heterocycles. The fourth-order valence-corrected chi connectivity index (χ4v) is 8.90. The second-order valence-corrected chi connectivity index (χ2v) is 13.5. The summed E-state index contributed by atoms with van der Waals surface area (Å²) in [7, 11) is -1.39. The van der Waals surface area contributed by atoms with Crippen LogP contribution in [0.4, 0.5) is 17.5 Å². The molecule has 8 heteroatoms. The van der Waals surface area contributed by atoms with Crippen molar-refractivity contribution < 1.29 is 29.6 Å². The van der Waals surface area contributed by atoms with Crippen LogP contribution in [0.5, 0.6) is 11.5 Å². The summed E-state index contributed by atoms with van der Waals surface area (Å²) in [4.78, 5) is 17.1. The van der Waals surface area contributed by atoms with E-state index in [0.29, 0.717) is 23.3 Å². The zero-order chi connectivity index (χ0) is 30.5. The molecule has 0 N–H and O–H groups in total. The maximum atomic E-state index is 6.63. The summed E-state index contributed by atoms with van der Waals surface area (Å²) in [5, 5.41) is 4.70. The maximum Gasteiger partial charge on any atom is 0.309 e. The quantitative estimate of drug-likeness (QED) is 0.136. The first-order valence-corrected chi connectivity index (χ1v) is 16.6. The zero-order valence-corrected chi connectivity index (χ0v) is 27.4. The van der Waals surface area contributed by atoms with E-state index in [1.165, 1.54) is 15.6 Å². The van der Waals surface area contributed by atoms with Crippen molar-refractivity contribution in [1.82, 2.24) is 15.0 Å². The van der Waals surface area contributed by atoms with Gasteiger partial charge in [0.25, 0.3) is 0 Å². The fraction of sp³-hybridized carbons (Fsp3) is 0. The average molecular weight is 716 g/mol. The minimum atomic E-state index is -1.39. The van der Waals surface area contributed by atoms with Gasteiger partial charge >= 0.3 is 6.01 Å². The number of ether oxygens (including phenoxy) is 1. The van der Waals surface area contributed by atoms with E-state index in [2.05, 4.69) is 83.8 Å². The number of para-hydroxylation sites is 4. The standard InChI is InChI=1S/C39H25N4O2Si.Pd/c1-3-14-27(15-4-1)46(28-16-5-2-6-17-28)35-23-12-22-33-37(35)42-39(45-33)43-31-20-7-8-21-32(31)44-34-25-26-13-11-18-29(36(26)41-38(34)43)30-19-9-10-24-40-30;/h1-25H;. The van der Waals surface area contributed by atoms with Crippen LogP contribution in [0.1, 0.15) is 0 Å². The Kier molecular flexibility index (Phi) is 7.47. The second-order valence-electron chi connectivity index (χ2n) is 11.1. The Hall–Kier alpha value is -5.39. The van der Waals surface area contributed by atoms with E-state index in [1.807, 2.05) is 71.6 Å². The summed E-state index contributed by atoms with van der Waals surface area (Å²) in [5.74, 6) is 1.95. The van der Waals surface area contributed by atoms with Crippen LogP contribution in [0.3, 0.4) is 0 Å². The van der Waals surface area contributed by atoms with Crippen LogP contribution in [0.25, 0.3) is 33.3 Å². The molecule has 1 aliphatic rings. The Labute approximate surface area is 286 Å². The molecule has 0 aliphatic carbocycles. The van der Waals surface area contributed by atoms with Crippen LogP contribution >= 0.6 is 0 Å². The van der Waals surface area contributed by atoms with Gasteiger partial charge in [-0.2, -0.15) is 4.98 Å². The number of aromatic nitrogens is 3. The molecule has 0 fully saturated rings. The molecule has 0 saturated carbocycles. The molecule has 0 spiro atoms. The predicted molar refractivity (Wildman–Crippen MR) is 185 cm³/mol. The van der Waals surface area contributed by atoms with Gasteiger partial charge in [-0.25, -0.2) is 9.88 Å². The topological polar surface area (TPSA) is 64.3 Å². The first-order chi connectivity index (χ1) is 22.8. The van der Waals surface area contributed by atoms with Crippen molar-refractivity contribution in [3.63, 3.8) is 0 Å². The number of nitrogens with zero attached hydrogens (tertiary/aromatic N) is 4. The van der Waals surface area contributed by atoms with Crippen molar-refractivity contribution >= 4 is 63.9 Å². The van der Waals surface area contributed by atoms with E-state index in [-0.39, 0.29) is 20.4 Å². The van der Waals surface area contributed by atoms with E-state index < -0.39 is 8.80 Å². The normalized spacial score (nSPS) is 12.0. The molecule has 0 atom stereocenters. The third-order valence-electron chi connectivity index (χ3n) is 8.26. The predicted octanol–water partition coefficient (Wildman–Crippen LogP) is 7.53. The van der Waals surface area contributed by atoms with Crippen LogP contribution in [0, 0.1) is 0 Å². The Morgan fingerprint density at radius 3 is 2.09 bits per heavy atom. The van der Waals surface area contributed by atoms with Crippen molar-refractivity contribution in [1.29, 1.82) is 0 Å². The Bertz CT molecular complexity index is 2330. The summed E-state index contributed by atoms with van der Waals surface area (Å²) < 4.78 is 13.1. The number of oxazole rings is 1. The molecule has 227 valence electrons. The van der Waals surface area contributed by atoms with E-state index in [1.54, 1.807) is 6.20 Å². The molecule has 8 aromatic rings. The van der Waals surface area contributed by atoms with E-state index in [0.717, 1.165) is 38.9 Å². The smallest absolute Gasteiger partial charge is 0.309 e. The number of benzene rings is 5. The number of pyridine rings is 2. The molecule has 6 nitrogen and oxygen atoms in total. The molecule has 9 rings (SSSR count). The van der Waals surface area contributed by atoms with Gasteiger partial charge in [-0.05, 0) is 41.6 Å². The molecule has 47 heavy (non-hydrogen) atoms. The summed E-state index contributed by atoms with van der Waals surface area (Å²) in [6, 6.07) is 50.1. The van der Waals surface area contributed by atoms with Crippen LogP contribution in [0.2, 0.25) is 0 Å². The summed E-state index contributed by atoms with van der Waals surface area (Å²) in [6.07, 6.45) is 1.80. The molecule has 0 amide bonds. The van der Waals surface area contributed by atoms with Gasteiger partial charge in [0.05, 0.1) is 16.9 Å². The van der Waals surface area contributed by atoms with Crippen molar-refractivity contribution in [3.8, 4) is 22.8 Å². The van der Waals surface area contributed by atoms with Crippen molar-refractivity contribution in [2.75, 3.05) is 4.90 Å². The second kappa shape index (κ2) is 12.1. The monoisotopic (exact) mass is 715 g/mol. The number of hydrogen-bond donors (Lipinski definition) is 0. The Morgan fingerprint density at radius 2 is 1.32 bits per heavy atom. The van der Waals surface area contributed by atoms with Gasteiger partial charge < -0.3 is 9.15 Å². The van der Waals surface area contributed by atoms with Crippen LogP contribution in [-0.4, -0.2) is 23.7 Å². The van der Waals surface area contributed by atoms with Crippen molar-refractivity contribution in [3.05, 3.63) is 152 Å². The van der Waals surface area contributed by atoms with Gasteiger partial charge in [0.1, 0.15) is 5.52 Å². The van der Waals surface area contributed by atoms with E-state index >= 15 is 0 Å². The number of fused-ring (bicyclic) bond motifs is 4. The zero-order valence-electron chi connectivity index (χ0n) is 24.9. The molecular weight excluding hydrogens is 691 g/mol. The third-order valence-corrected chi connectivity index (χ3v) is 11.0. The molecule has 3 aromatic heterocycles. The molecule has 0 bridgehead atoms. The van der Waals surface area contributed by atoms with E-state index in [4.69, 9.17) is 19.1 Å². The number of anilines is 3. The molecule has 0 unspecified atom stereocenters. The van der Waals surface area contributed by atoms with Gasteiger partial charge in [0.15, 0.2) is 31.7 Å². The van der Waals surface area contributed by atoms with Crippen molar-refractivity contribution in [2.45, 2.75) is 0 Å². The summed E-state index contributed by atoms with van der Waals surface area (Å²) >= 11 is 0. The summed E-state index contributed by atoms with van der Waals surface area (Å²) in [6.45, 7) is 0. The first kappa shape index (κ1) is 29.0. The van der Waals surface area contributed by atoms with Gasteiger partial charge in [-0.1, -0.05) is 120 Å². The minimum absolute atomic E-state index is 0. The largest absolute Gasteiger partial charge is 0.451 e.